The molecule has 2 aromatic rings. The summed E-state index contributed by atoms with van der Waals surface area (Å²) in [5.41, 5.74) is 0.589. The third-order valence-corrected chi connectivity index (χ3v) is 4.20. The van der Waals surface area contributed by atoms with Crippen molar-refractivity contribution in [1.82, 2.24) is 14.8 Å². The second kappa shape index (κ2) is 5.44. The van der Waals surface area contributed by atoms with E-state index in [1.165, 1.54) is 4.57 Å². The molecular weight excluding hydrogens is 368 g/mol. The molecule has 0 atom stereocenters. The Balaban J connectivity index is 2.73. The Hall–Kier alpha value is -0.960. The number of sulfonamides is 1. The first kappa shape index (κ1) is 15.4. The highest BCUT2D eigenvalue weighted by Crippen LogP contribution is 2.31. The van der Waals surface area contributed by atoms with E-state index in [4.69, 9.17) is 16.7 Å². The molecule has 6 nitrogen and oxygen atoms in total. The molecule has 0 aliphatic rings. The zero-order chi connectivity index (χ0) is 15.1. The minimum absolute atomic E-state index is 0.187. The van der Waals surface area contributed by atoms with Gasteiger partial charge in [-0.25, -0.2) is 13.6 Å². The summed E-state index contributed by atoms with van der Waals surface area (Å²) < 4.78 is 25.4. The number of aromatic nitrogens is 3. The molecule has 0 amide bonds. The summed E-state index contributed by atoms with van der Waals surface area (Å²) in [5, 5.41) is 12.9. The largest absolute Gasteiger partial charge is 0.294 e. The first-order chi connectivity index (χ1) is 9.21. The highest BCUT2D eigenvalue weighted by Gasteiger charge is 2.24. The van der Waals surface area contributed by atoms with Crippen molar-refractivity contribution in [3.63, 3.8) is 0 Å². The van der Waals surface area contributed by atoms with Gasteiger partial charge in [0, 0.05) is 16.1 Å². The minimum Gasteiger partial charge on any atom is -0.294 e. The molecule has 108 valence electrons. The van der Waals surface area contributed by atoms with Crippen molar-refractivity contribution in [3.05, 3.63) is 27.7 Å². The van der Waals surface area contributed by atoms with Crippen LogP contribution in [0.3, 0.4) is 0 Å². The number of hydrogen-bond acceptors (Lipinski definition) is 4. The van der Waals surface area contributed by atoms with Crippen LogP contribution < -0.4 is 5.14 Å². The average molecular weight is 380 g/mol. The van der Waals surface area contributed by atoms with Crippen molar-refractivity contribution in [1.29, 1.82) is 0 Å². The average Bonchev–Trinajstić information content (AvgIpc) is 2.72. The molecule has 2 rings (SSSR count). The first-order valence-electron chi connectivity index (χ1n) is 5.65. The summed E-state index contributed by atoms with van der Waals surface area (Å²) in [6.07, 6.45) is 0. The molecule has 0 saturated heterocycles. The highest BCUT2D eigenvalue weighted by atomic mass is 79.9. The van der Waals surface area contributed by atoms with Gasteiger partial charge in [-0.2, -0.15) is 0 Å². The maximum atomic E-state index is 11.6. The Morgan fingerprint density at radius 3 is 2.50 bits per heavy atom. The van der Waals surface area contributed by atoms with Crippen molar-refractivity contribution in [3.8, 4) is 11.4 Å². The lowest BCUT2D eigenvalue weighted by molar-refractivity contribution is 0.524. The normalized spacial score (nSPS) is 12.1. The fourth-order valence-corrected chi connectivity index (χ4v) is 3.28. The van der Waals surface area contributed by atoms with Crippen molar-refractivity contribution >= 4 is 37.6 Å². The molecule has 1 aromatic heterocycles. The van der Waals surface area contributed by atoms with Gasteiger partial charge < -0.3 is 0 Å². The summed E-state index contributed by atoms with van der Waals surface area (Å²) in [7, 11) is -3.95. The quantitative estimate of drug-likeness (QED) is 0.887. The Morgan fingerprint density at radius 2 is 2.00 bits per heavy atom. The zero-order valence-corrected chi connectivity index (χ0v) is 13.9. The lowest BCUT2D eigenvalue weighted by atomic mass is 10.2. The number of rotatable bonds is 3. The van der Waals surface area contributed by atoms with E-state index in [2.05, 4.69) is 26.1 Å². The van der Waals surface area contributed by atoms with E-state index in [1.807, 2.05) is 13.8 Å². The maximum absolute atomic E-state index is 11.6. The van der Waals surface area contributed by atoms with Crippen LogP contribution in [0.4, 0.5) is 0 Å². The van der Waals surface area contributed by atoms with Gasteiger partial charge in [0.15, 0.2) is 5.82 Å². The fraction of sp³-hybridized carbons (Fsp3) is 0.273. The van der Waals surface area contributed by atoms with Gasteiger partial charge in [0.1, 0.15) is 0 Å². The van der Waals surface area contributed by atoms with Crippen LogP contribution in [0.25, 0.3) is 11.4 Å². The third-order valence-electron chi connectivity index (χ3n) is 2.61. The molecule has 1 aromatic carbocycles. The highest BCUT2D eigenvalue weighted by molar-refractivity contribution is 9.10. The Bertz CT molecular complexity index is 758. The molecule has 0 aliphatic carbocycles. The van der Waals surface area contributed by atoms with Crippen molar-refractivity contribution in [2.75, 3.05) is 0 Å². The molecule has 20 heavy (non-hydrogen) atoms. The first-order valence-corrected chi connectivity index (χ1v) is 8.36. The van der Waals surface area contributed by atoms with E-state index in [0.717, 1.165) is 4.47 Å². The standard InChI is InChI=1S/C11H12BrClN4O2S/c1-6(2)17-10(15-16-11(17)20(14,18)19)8-4-3-7(12)5-9(8)13/h3-6H,1-2H3,(H2,14,18,19). The summed E-state index contributed by atoms with van der Waals surface area (Å²) >= 11 is 9.48. The van der Waals surface area contributed by atoms with Crippen LogP contribution >= 0.6 is 27.5 Å². The molecule has 1 heterocycles. The molecule has 0 bridgehead atoms. The summed E-state index contributed by atoms with van der Waals surface area (Å²) in [4.78, 5) is 0. The van der Waals surface area contributed by atoms with Gasteiger partial charge in [-0.15, -0.1) is 10.2 Å². The zero-order valence-electron chi connectivity index (χ0n) is 10.7. The second-order valence-corrected chi connectivity index (χ2v) is 7.22. The van der Waals surface area contributed by atoms with Gasteiger partial charge in [0.2, 0.25) is 0 Å². The van der Waals surface area contributed by atoms with Crippen LogP contribution in [-0.4, -0.2) is 23.2 Å². The van der Waals surface area contributed by atoms with Crippen LogP contribution in [-0.2, 0) is 10.0 Å². The topological polar surface area (TPSA) is 90.9 Å². The SMILES string of the molecule is CC(C)n1c(-c2ccc(Br)cc2Cl)nnc1S(N)(=O)=O. The molecule has 0 aliphatic heterocycles. The lowest BCUT2D eigenvalue weighted by Crippen LogP contribution is -2.20. The number of benzene rings is 1. The summed E-state index contributed by atoms with van der Waals surface area (Å²) in [6.45, 7) is 3.63. The smallest absolute Gasteiger partial charge is 0.273 e. The Morgan fingerprint density at radius 1 is 1.35 bits per heavy atom. The van der Waals surface area contributed by atoms with Gasteiger partial charge >= 0.3 is 0 Å². The van der Waals surface area contributed by atoms with Crippen LogP contribution in [0.15, 0.2) is 27.8 Å². The Kier molecular flexibility index (Phi) is 4.19. The summed E-state index contributed by atoms with van der Waals surface area (Å²) in [5.74, 6) is 0.363. The molecule has 0 spiro atoms. The minimum atomic E-state index is -3.95. The number of primary sulfonamides is 1. The molecule has 0 saturated carbocycles. The molecule has 0 radical (unpaired) electrons. The van der Waals surface area contributed by atoms with Crippen LogP contribution in [0.2, 0.25) is 5.02 Å². The molecule has 2 N–H and O–H groups in total. The van der Waals surface area contributed by atoms with E-state index in [1.54, 1.807) is 18.2 Å². The van der Waals surface area contributed by atoms with E-state index >= 15 is 0 Å². The maximum Gasteiger partial charge on any atom is 0.273 e. The van der Waals surface area contributed by atoms with Gasteiger partial charge in [-0.3, -0.25) is 4.57 Å². The molecular formula is C11H12BrClN4O2S. The van der Waals surface area contributed by atoms with Crippen LogP contribution in [0, 0.1) is 0 Å². The van der Waals surface area contributed by atoms with Gasteiger partial charge in [0.05, 0.1) is 5.02 Å². The van der Waals surface area contributed by atoms with Gasteiger partial charge in [0.25, 0.3) is 15.2 Å². The van der Waals surface area contributed by atoms with Gasteiger partial charge in [-0.1, -0.05) is 27.5 Å². The predicted octanol–water partition coefficient (Wildman–Crippen LogP) is 2.59. The van der Waals surface area contributed by atoms with E-state index in [0.29, 0.717) is 16.4 Å². The third kappa shape index (κ3) is 2.88. The van der Waals surface area contributed by atoms with E-state index in [9.17, 15) is 8.42 Å². The summed E-state index contributed by atoms with van der Waals surface area (Å²) in [6, 6.07) is 5.04. The fourth-order valence-electron chi connectivity index (χ4n) is 1.79. The van der Waals surface area contributed by atoms with Crippen molar-refractivity contribution < 1.29 is 8.42 Å². The van der Waals surface area contributed by atoms with Crippen molar-refractivity contribution in [2.45, 2.75) is 25.0 Å². The molecule has 0 fully saturated rings. The monoisotopic (exact) mass is 378 g/mol. The Labute approximate surface area is 130 Å². The lowest BCUT2D eigenvalue weighted by Gasteiger charge is -2.13. The number of nitrogens with zero attached hydrogens (tertiary/aromatic N) is 3. The van der Waals surface area contributed by atoms with Crippen molar-refractivity contribution in [2.24, 2.45) is 5.14 Å². The van der Waals surface area contributed by atoms with Gasteiger partial charge in [-0.05, 0) is 32.0 Å². The predicted molar refractivity (Wildman–Crippen MR) is 79.9 cm³/mol. The van der Waals surface area contributed by atoms with E-state index < -0.39 is 10.0 Å². The van der Waals surface area contributed by atoms with E-state index in [-0.39, 0.29) is 11.2 Å². The molecule has 0 unspecified atom stereocenters. The van der Waals surface area contributed by atoms with Crippen LogP contribution in [0.1, 0.15) is 19.9 Å². The number of halogens is 2. The second-order valence-electron chi connectivity index (χ2n) is 4.44. The number of hydrogen-bond donors (Lipinski definition) is 1. The number of nitrogens with two attached hydrogens (primary N) is 1. The van der Waals surface area contributed by atoms with Crippen LogP contribution in [0.5, 0.6) is 0 Å². The molecule has 9 heteroatoms.